The maximum Gasteiger partial charge on any atom is 0.247 e. The summed E-state index contributed by atoms with van der Waals surface area (Å²) in [4.78, 5) is 29.3. The van der Waals surface area contributed by atoms with Crippen LogP contribution in [0.2, 0.25) is 0 Å². The molecular formula is C28H30F2N8O3. The summed E-state index contributed by atoms with van der Waals surface area (Å²) >= 11 is 0. The largest absolute Gasteiger partial charge is 0.494 e. The van der Waals surface area contributed by atoms with Crippen LogP contribution < -0.4 is 30.7 Å². The van der Waals surface area contributed by atoms with Crippen LogP contribution in [-0.4, -0.2) is 67.1 Å². The van der Waals surface area contributed by atoms with E-state index in [4.69, 9.17) is 15.2 Å². The molecule has 0 unspecified atom stereocenters. The van der Waals surface area contributed by atoms with Gasteiger partial charge in [-0.25, -0.2) is 18.7 Å². The van der Waals surface area contributed by atoms with Crippen LogP contribution in [0.3, 0.4) is 0 Å². The Morgan fingerprint density at radius 3 is 2.51 bits per heavy atom. The molecule has 0 radical (unpaired) electrons. The third-order valence-corrected chi connectivity index (χ3v) is 5.98. The number of nitrogens with zero attached hydrogens (tertiary/aromatic N) is 5. The van der Waals surface area contributed by atoms with Crippen LogP contribution in [0, 0.1) is 11.6 Å². The molecule has 0 bridgehead atoms. The lowest BCUT2D eigenvalue weighted by Gasteiger charge is -2.26. The third-order valence-electron chi connectivity index (χ3n) is 5.98. The summed E-state index contributed by atoms with van der Waals surface area (Å²) in [6, 6.07) is 7.95. The maximum absolute atomic E-state index is 14.1. The fraction of sp³-hybridized carbons (Fsp3) is 0.214. The molecule has 4 N–H and O–H groups in total. The number of fused-ring (bicyclic) bond motifs is 1. The summed E-state index contributed by atoms with van der Waals surface area (Å²) in [5.41, 5.74) is 8.03. The highest BCUT2D eigenvalue weighted by Crippen LogP contribution is 2.38. The SMILES string of the molecule is C=CC(=O)Nc1cc(Nc2ncc3cc(Oc4ccc(F)cc4F)c(N)nc3n2)c(OC)cc1N(C)CCN(C)C. The van der Waals surface area contributed by atoms with Crippen molar-refractivity contribution in [1.82, 2.24) is 19.9 Å². The highest BCUT2D eigenvalue weighted by molar-refractivity contribution is 6.02. The van der Waals surface area contributed by atoms with Gasteiger partial charge in [0.2, 0.25) is 11.9 Å². The minimum Gasteiger partial charge on any atom is -0.494 e. The van der Waals surface area contributed by atoms with E-state index in [0.29, 0.717) is 35.1 Å². The lowest BCUT2D eigenvalue weighted by molar-refractivity contribution is -0.111. The molecule has 4 aromatic rings. The number of pyridine rings is 1. The fourth-order valence-electron chi connectivity index (χ4n) is 3.80. The van der Waals surface area contributed by atoms with Gasteiger partial charge in [0, 0.05) is 43.9 Å². The van der Waals surface area contributed by atoms with Crippen molar-refractivity contribution in [2.45, 2.75) is 0 Å². The van der Waals surface area contributed by atoms with Crippen LogP contribution >= 0.6 is 0 Å². The summed E-state index contributed by atoms with van der Waals surface area (Å²) in [6.45, 7) is 5.02. The second kappa shape index (κ2) is 12.4. The summed E-state index contributed by atoms with van der Waals surface area (Å²) in [6.07, 6.45) is 2.67. The number of ether oxygens (including phenoxy) is 2. The summed E-state index contributed by atoms with van der Waals surface area (Å²) in [5.74, 6) is -1.53. The average molecular weight is 565 g/mol. The number of nitrogen functional groups attached to an aromatic ring is 1. The number of carbonyl (C=O) groups excluding carboxylic acids is 1. The molecule has 0 saturated carbocycles. The topological polar surface area (TPSA) is 131 Å². The summed E-state index contributed by atoms with van der Waals surface area (Å²) in [7, 11) is 7.40. The number of hydrogen-bond acceptors (Lipinski definition) is 10. The molecule has 0 saturated heterocycles. The van der Waals surface area contributed by atoms with Gasteiger partial charge < -0.3 is 35.6 Å². The predicted molar refractivity (Wildman–Crippen MR) is 155 cm³/mol. The molecule has 2 aromatic carbocycles. The number of nitrogens with two attached hydrogens (primary N) is 1. The third kappa shape index (κ3) is 6.94. The van der Waals surface area contributed by atoms with Gasteiger partial charge in [-0.3, -0.25) is 4.79 Å². The molecule has 4 rings (SSSR count). The number of hydrogen-bond donors (Lipinski definition) is 3. The molecule has 0 aliphatic carbocycles. The average Bonchev–Trinajstić information content (AvgIpc) is 2.93. The van der Waals surface area contributed by atoms with E-state index in [-0.39, 0.29) is 34.8 Å². The van der Waals surface area contributed by atoms with E-state index in [9.17, 15) is 13.6 Å². The molecule has 214 valence electrons. The number of nitrogens with one attached hydrogen (secondary N) is 2. The van der Waals surface area contributed by atoms with Crippen LogP contribution in [0.15, 0.2) is 55.3 Å². The zero-order chi connectivity index (χ0) is 29.7. The number of halogens is 2. The first-order chi connectivity index (χ1) is 19.6. The summed E-state index contributed by atoms with van der Waals surface area (Å²) in [5, 5.41) is 6.40. The van der Waals surface area contributed by atoms with Crippen molar-refractivity contribution in [2.75, 3.05) is 62.6 Å². The summed E-state index contributed by atoms with van der Waals surface area (Å²) < 4.78 is 38.4. The number of rotatable bonds is 11. The van der Waals surface area contributed by atoms with Crippen molar-refractivity contribution in [3.63, 3.8) is 0 Å². The van der Waals surface area contributed by atoms with Gasteiger partial charge in [-0.1, -0.05) is 6.58 Å². The smallest absolute Gasteiger partial charge is 0.247 e. The Balaban J connectivity index is 1.65. The Labute approximate surface area is 235 Å². The first-order valence-corrected chi connectivity index (χ1v) is 12.4. The van der Waals surface area contributed by atoms with Gasteiger partial charge in [0.1, 0.15) is 11.6 Å². The quantitative estimate of drug-likeness (QED) is 0.223. The fourth-order valence-corrected chi connectivity index (χ4v) is 3.80. The van der Waals surface area contributed by atoms with Gasteiger partial charge in [-0.15, -0.1) is 0 Å². The molecule has 11 nitrogen and oxygen atoms in total. The molecule has 13 heteroatoms. The van der Waals surface area contributed by atoms with Crippen molar-refractivity contribution in [1.29, 1.82) is 0 Å². The normalized spacial score (nSPS) is 10.9. The zero-order valence-electron chi connectivity index (χ0n) is 23.0. The molecule has 1 amide bonds. The Bertz CT molecular complexity index is 1600. The van der Waals surface area contributed by atoms with Gasteiger partial charge >= 0.3 is 0 Å². The number of benzene rings is 2. The van der Waals surface area contributed by atoms with Crippen LogP contribution in [-0.2, 0) is 4.79 Å². The molecule has 0 aliphatic rings. The molecule has 41 heavy (non-hydrogen) atoms. The standard InChI is InChI=1S/C28H30F2N8O3/c1-6-25(39)33-19-13-20(23(40-5)14-21(19)38(4)10-9-37(2)3)34-28-32-15-16-11-24(26(31)35-27(16)36-28)41-22-8-7-17(29)12-18(22)30/h6-8,11-15H,1,9-10H2,2-5H3,(H,33,39)(H3,31,32,34,35,36). The number of aromatic nitrogens is 3. The highest BCUT2D eigenvalue weighted by Gasteiger charge is 2.17. The first-order valence-electron chi connectivity index (χ1n) is 12.4. The Morgan fingerprint density at radius 1 is 1.05 bits per heavy atom. The lowest BCUT2D eigenvalue weighted by Crippen LogP contribution is -2.29. The number of amides is 1. The molecule has 0 atom stereocenters. The van der Waals surface area contributed by atoms with Crippen LogP contribution in [0.5, 0.6) is 17.2 Å². The van der Waals surface area contributed by atoms with E-state index in [1.54, 1.807) is 12.1 Å². The number of likely N-dealkylation sites (N-methyl/N-ethyl adjacent to an activating group) is 2. The Kier molecular flexibility index (Phi) is 8.78. The van der Waals surface area contributed by atoms with E-state index in [1.807, 2.05) is 26.0 Å². The van der Waals surface area contributed by atoms with Crippen LogP contribution in [0.1, 0.15) is 0 Å². The molecule has 0 spiro atoms. The van der Waals surface area contributed by atoms with Crippen molar-refractivity contribution < 1.29 is 23.0 Å². The second-order valence-electron chi connectivity index (χ2n) is 9.27. The Hall–Kier alpha value is -5.04. The van der Waals surface area contributed by atoms with Crippen molar-refractivity contribution in [3.05, 3.63) is 66.9 Å². The molecule has 2 aromatic heterocycles. The highest BCUT2D eigenvalue weighted by atomic mass is 19.1. The van der Waals surface area contributed by atoms with Crippen molar-refractivity contribution >= 4 is 45.8 Å². The minimum absolute atomic E-state index is 0.0528. The van der Waals surface area contributed by atoms with Crippen LogP contribution in [0.25, 0.3) is 11.0 Å². The van der Waals surface area contributed by atoms with Gasteiger partial charge in [-0.05, 0) is 44.4 Å². The monoisotopic (exact) mass is 564 g/mol. The van der Waals surface area contributed by atoms with E-state index in [0.717, 1.165) is 24.4 Å². The molecule has 0 fully saturated rings. The number of anilines is 5. The predicted octanol–water partition coefficient (Wildman–Crippen LogP) is 4.55. The molecular weight excluding hydrogens is 534 g/mol. The second-order valence-corrected chi connectivity index (χ2v) is 9.27. The van der Waals surface area contributed by atoms with Crippen molar-refractivity contribution in [2.24, 2.45) is 0 Å². The number of carbonyl (C=O) groups is 1. The molecule has 2 heterocycles. The van der Waals surface area contributed by atoms with Gasteiger partial charge in [0.05, 0.1) is 24.2 Å². The zero-order valence-corrected chi connectivity index (χ0v) is 23.0. The van der Waals surface area contributed by atoms with Gasteiger partial charge in [-0.2, -0.15) is 4.98 Å². The van der Waals surface area contributed by atoms with E-state index >= 15 is 0 Å². The van der Waals surface area contributed by atoms with Gasteiger partial charge in [0.15, 0.2) is 28.8 Å². The number of methoxy groups -OCH3 is 1. The van der Waals surface area contributed by atoms with E-state index in [1.165, 1.54) is 25.4 Å². The van der Waals surface area contributed by atoms with E-state index < -0.39 is 11.6 Å². The minimum atomic E-state index is -0.882. The van der Waals surface area contributed by atoms with E-state index in [2.05, 4.69) is 37.1 Å². The lowest BCUT2D eigenvalue weighted by atomic mass is 10.2. The van der Waals surface area contributed by atoms with Gasteiger partial charge in [0.25, 0.3) is 0 Å². The van der Waals surface area contributed by atoms with Crippen molar-refractivity contribution in [3.8, 4) is 17.2 Å². The maximum atomic E-state index is 14.1. The first kappa shape index (κ1) is 29.0. The Morgan fingerprint density at radius 2 is 1.83 bits per heavy atom. The molecule has 0 aliphatic heterocycles. The van der Waals surface area contributed by atoms with Crippen LogP contribution in [0.4, 0.5) is 37.6 Å².